The van der Waals surface area contributed by atoms with Crippen molar-refractivity contribution in [2.75, 3.05) is 7.11 Å². The summed E-state index contributed by atoms with van der Waals surface area (Å²) in [6.45, 7) is 0. The summed E-state index contributed by atoms with van der Waals surface area (Å²) in [6, 6.07) is 7.54. The fourth-order valence-corrected chi connectivity index (χ4v) is 1.24. The van der Waals surface area contributed by atoms with Crippen LogP contribution in [0.4, 0.5) is 0 Å². The van der Waals surface area contributed by atoms with Crippen LogP contribution in [0.2, 0.25) is 0 Å². The molecule has 1 aromatic carbocycles. The van der Waals surface area contributed by atoms with Crippen LogP contribution in [0.3, 0.4) is 0 Å². The van der Waals surface area contributed by atoms with Gasteiger partial charge in [0.2, 0.25) is 0 Å². The number of methoxy groups -OCH3 is 1. The van der Waals surface area contributed by atoms with Crippen molar-refractivity contribution >= 4 is 5.91 Å². The molecule has 0 saturated heterocycles. The van der Waals surface area contributed by atoms with Crippen molar-refractivity contribution in [3.63, 3.8) is 0 Å². The van der Waals surface area contributed by atoms with Gasteiger partial charge in [0, 0.05) is 11.6 Å². The fraction of sp³-hybridized carbons (Fsp3) is 0.364. The van der Waals surface area contributed by atoms with Gasteiger partial charge in [-0.05, 0) is 37.1 Å². The number of rotatable bonds is 3. The molecular formula is C11H13NO2. The van der Waals surface area contributed by atoms with Gasteiger partial charge in [-0.1, -0.05) is 0 Å². The smallest absolute Gasteiger partial charge is 0.251 e. The molecule has 0 radical (unpaired) electrons. The summed E-state index contributed by atoms with van der Waals surface area (Å²) in [4.78, 5) is 11.5. The lowest BCUT2D eigenvalue weighted by molar-refractivity contribution is 0.0951. The van der Waals surface area contributed by atoms with Crippen LogP contribution in [-0.4, -0.2) is 19.1 Å². The standard InChI is InChI=1S/C11H13NO2/c1-14-10-6-2-8(3-7-10)11(13)12-9-4-5-9/h2-3,6-7,9H,4-5H2,1H3,(H,12,13). The quantitative estimate of drug-likeness (QED) is 0.787. The lowest BCUT2D eigenvalue weighted by Gasteiger charge is -2.04. The van der Waals surface area contributed by atoms with Crippen molar-refractivity contribution < 1.29 is 9.53 Å². The van der Waals surface area contributed by atoms with E-state index in [9.17, 15) is 4.79 Å². The van der Waals surface area contributed by atoms with E-state index in [4.69, 9.17) is 4.74 Å². The van der Waals surface area contributed by atoms with Gasteiger partial charge < -0.3 is 10.1 Å². The Kier molecular flexibility index (Phi) is 2.39. The molecule has 1 aliphatic carbocycles. The summed E-state index contributed by atoms with van der Waals surface area (Å²) in [5.74, 6) is 0.781. The van der Waals surface area contributed by atoms with E-state index < -0.39 is 0 Å². The first kappa shape index (κ1) is 9.06. The summed E-state index contributed by atoms with van der Waals surface area (Å²) in [5.41, 5.74) is 0.692. The van der Waals surface area contributed by atoms with Crippen LogP contribution < -0.4 is 10.1 Å². The third-order valence-electron chi connectivity index (χ3n) is 2.26. The fourth-order valence-electron chi connectivity index (χ4n) is 1.24. The van der Waals surface area contributed by atoms with E-state index >= 15 is 0 Å². The Hall–Kier alpha value is -1.51. The van der Waals surface area contributed by atoms with E-state index in [-0.39, 0.29) is 5.91 Å². The highest BCUT2D eigenvalue weighted by atomic mass is 16.5. The topological polar surface area (TPSA) is 38.3 Å². The number of hydrogen-bond donors (Lipinski definition) is 1. The highest BCUT2D eigenvalue weighted by Crippen LogP contribution is 2.19. The predicted molar refractivity (Wildman–Crippen MR) is 53.5 cm³/mol. The number of carbonyl (C=O) groups is 1. The van der Waals surface area contributed by atoms with Crippen molar-refractivity contribution in [2.45, 2.75) is 18.9 Å². The second-order valence-corrected chi connectivity index (χ2v) is 3.48. The average molecular weight is 191 g/mol. The van der Waals surface area contributed by atoms with E-state index in [0.29, 0.717) is 11.6 Å². The largest absolute Gasteiger partial charge is 0.497 e. The number of ether oxygens (including phenoxy) is 1. The Morgan fingerprint density at radius 2 is 2.00 bits per heavy atom. The second kappa shape index (κ2) is 3.70. The minimum absolute atomic E-state index is 0.00940. The van der Waals surface area contributed by atoms with Crippen molar-refractivity contribution in [3.8, 4) is 5.75 Å². The average Bonchev–Trinajstić information content (AvgIpc) is 3.02. The molecule has 1 aliphatic rings. The lowest BCUT2D eigenvalue weighted by Crippen LogP contribution is -2.25. The maximum absolute atomic E-state index is 11.5. The van der Waals surface area contributed by atoms with Gasteiger partial charge in [0.05, 0.1) is 7.11 Å². The van der Waals surface area contributed by atoms with Crippen molar-refractivity contribution in [1.82, 2.24) is 5.32 Å². The zero-order valence-electron chi connectivity index (χ0n) is 8.12. The minimum Gasteiger partial charge on any atom is -0.497 e. The third-order valence-corrected chi connectivity index (χ3v) is 2.26. The first-order valence-corrected chi connectivity index (χ1v) is 4.74. The molecule has 0 unspecified atom stereocenters. The number of hydrogen-bond acceptors (Lipinski definition) is 2. The SMILES string of the molecule is COc1ccc(C(=O)NC2CC2)cc1. The second-order valence-electron chi connectivity index (χ2n) is 3.48. The molecule has 1 saturated carbocycles. The van der Waals surface area contributed by atoms with E-state index in [0.717, 1.165) is 18.6 Å². The normalized spacial score (nSPS) is 14.9. The van der Waals surface area contributed by atoms with Crippen molar-refractivity contribution in [1.29, 1.82) is 0 Å². The van der Waals surface area contributed by atoms with E-state index in [2.05, 4.69) is 5.32 Å². The molecule has 1 N–H and O–H groups in total. The number of nitrogens with one attached hydrogen (secondary N) is 1. The Bertz CT molecular complexity index is 328. The molecule has 0 atom stereocenters. The van der Waals surface area contributed by atoms with Crippen LogP contribution in [0.15, 0.2) is 24.3 Å². The third kappa shape index (κ3) is 2.05. The van der Waals surface area contributed by atoms with Crippen molar-refractivity contribution in [2.24, 2.45) is 0 Å². The number of benzene rings is 1. The van der Waals surface area contributed by atoms with Crippen LogP contribution >= 0.6 is 0 Å². The zero-order valence-corrected chi connectivity index (χ0v) is 8.12. The zero-order chi connectivity index (χ0) is 9.97. The Morgan fingerprint density at radius 3 is 2.50 bits per heavy atom. The molecule has 1 aromatic rings. The molecule has 0 spiro atoms. The van der Waals surface area contributed by atoms with Crippen LogP contribution in [-0.2, 0) is 0 Å². The van der Waals surface area contributed by atoms with Gasteiger partial charge >= 0.3 is 0 Å². The predicted octanol–water partition coefficient (Wildman–Crippen LogP) is 1.59. The molecule has 3 nitrogen and oxygen atoms in total. The van der Waals surface area contributed by atoms with Gasteiger partial charge in [-0.2, -0.15) is 0 Å². The van der Waals surface area contributed by atoms with Crippen LogP contribution in [0, 0.1) is 0 Å². The molecule has 0 aromatic heterocycles. The highest BCUT2D eigenvalue weighted by Gasteiger charge is 2.23. The van der Waals surface area contributed by atoms with E-state index in [1.54, 1.807) is 31.4 Å². The monoisotopic (exact) mass is 191 g/mol. The number of amides is 1. The van der Waals surface area contributed by atoms with Crippen LogP contribution in [0.25, 0.3) is 0 Å². The van der Waals surface area contributed by atoms with Crippen molar-refractivity contribution in [3.05, 3.63) is 29.8 Å². The first-order valence-electron chi connectivity index (χ1n) is 4.74. The van der Waals surface area contributed by atoms with Gasteiger partial charge in [-0.3, -0.25) is 4.79 Å². The summed E-state index contributed by atoms with van der Waals surface area (Å²) in [5, 5.41) is 2.93. The molecule has 14 heavy (non-hydrogen) atoms. The first-order chi connectivity index (χ1) is 6.79. The Balaban J connectivity index is 2.03. The molecule has 3 heteroatoms. The molecule has 2 rings (SSSR count). The summed E-state index contributed by atoms with van der Waals surface area (Å²) in [6.07, 6.45) is 2.23. The molecule has 0 bridgehead atoms. The maximum Gasteiger partial charge on any atom is 0.251 e. The molecule has 1 amide bonds. The molecule has 74 valence electrons. The summed E-state index contributed by atoms with van der Waals surface area (Å²) < 4.78 is 5.01. The Labute approximate surface area is 83.1 Å². The summed E-state index contributed by atoms with van der Waals surface area (Å²) >= 11 is 0. The molecular weight excluding hydrogens is 178 g/mol. The van der Waals surface area contributed by atoms with Gasteiger partial charge in [0.15, 0.2) is 0 Å². The van der Waals surface area contributed by atoms with E-state index in [1.165, 1.54) is 0 Å². The molecule has 0 heterocycles. The highest BCUT2D eigenvalue weighted by molar-refractivity contribution is 5.94. The van der Waals surface area contributed by atoms with Crippen LogP contribution in [0.5, 0.6) is 5.75 Å². The van der Waals surface area contributed by atoms with Crippen LogP contribution in [0.1, 0.15) is 23.2 Å². The molecule has 0 aliphatic heterocycles. The number of carbonyl (C=O) groups excluding carboxylic acids is 1. The summed E-state index contributed by atoms with van der Waals surface area (Å²) in [7, 11) is 1.61. The van der Waals surface area contributed by atoms with Gasteiger partial charge in [0.25, 0.3) is 5.91 Å². The Morgan fingerprint density at radius 1 is 1.36 bits per heavy atom. The van der Waals surface area contributed by atoms with E-state index in [1.807, 2.05) is 0 Å². The molecule has 1 fully saturated rings. The van der Waals surface area contributed by atoms with Gasteiger partial charge in [-0.15, -0.1) is 0 Å². The maximum atomic E-state index is 11.5. The van der Waals surface area contributed by atoms with Gasteiger partial charge in [0.1, 0.15) is 5.75 Å². The lowest BCUT2D eigenvalue weighted by atomic mass is 10.2. The van der Waals surface area contributed by atoms with Gasteiger partial charge in [-0.25, -0.2) is 0 Å². The minimum atomic E-state index is 0.00940.